The standard InChI is InChI=1S/C14H20N2O2S/c15-14(16)13-9-12(19(17)18)7-6-11(13)8-10-4-2-1-3-5-10/h6-7,9-10H,1-5,8H2,(H3,15,16)(H,17,18). The minimum Gasteiger partial charge on any atom is -0.384 e. The first kappa shape index (κ1) is 14.2. The number of amidine groups is 1. The number of nitrogen functional groups attached to an aromatic ring is 1. The zero-order chi connectivity index (χ0) is 13.8. The molecule has 0 heterocycles. The van der Waals surface area contributed by atoms with Gasteiger partial charge in [0.15, 0.2) is 11.1 Å². The Hall–Kier alpha value is -1.20. The number of hydrogen-bond acceptors (Lipinski definition) is 2. The van der Waals surface area contributed by atoms with Crippen LogP contribution in [0.1, 0.15) is 43.2 Å². The minimum atomic E-state index is -2.02. The van der Waals surface area contributed by atoms with Crippen LogP contribution in [-0.2, 0) is 17.5 Å². The van der Waals surface area contributed by atoms with Crippen molar-refractivity contribution in [2.24, 2.45) is 11.7 Å². The van der Waals surface area contributed by atoms with Crippen molar-refractivity contribution in [3.05, 3.63) is 29.3 Å². The summed E-state index contributed by atoms with van der Waals surface area (Å²) in [4.78, 5) is 0.303. The molecule has 1 aliphatic rings. The zero-order valence-electron chi connectivity index (χ0n) is 10.9. The fourth-order valence-corrected chi connectivity index (χ4v) is 3.20. The van der Waals surface area contributed by atoms with Crippen molar-refractivity contribution >= 4 is 16.9 Å². The monoisotopic (exact) mass is 280 g/mol. The van der Waals surface area contributed by atoms with Crippen molar-refractivity contribution in [1.29, 1.82) is 5.41 Å². The molecule has 1 aliphatic carbocycles. The number of nitrogens with one attached hydrogen (secondary N) is 1. The third kappa shape index (κ3) is 3.64. The first-order chi connectivity index (χ1) is 9.08. The van der Waals surface area contributed by atoms with E-state index in [1.165, 1.54) is 32.1 Å². The average Bonchev–Trinajstić information content (AvgIpc) is 2.39. The van der Waals surface area contributed by atoms with Crippen molar-refractivity contribution in [2.75, 3.05) is 0 Å². The maximum Gasteiger partial charge on any atom is 0.186 e. The molecule has 104 valence electrons. The molecule has 4 nitrogen and oxygen atoms in total. The van der Waals surface area contributed by atoms with E-state index in [9.17, 15) is 4.21 Å². The summed E-state index contributed by atoms with van der Waals surface area (Å²) < 4.78 is 20.2. The smallest absolute Gasteiger partial charge is 0.186 e. The predicted octanol–water partition coefficient (Wildman–Crippen LogP) is 2.67. The topological polar surface area (TPSA) is 87.2 Å². The Morgan fingerprint density at radius 3 is 2.63 bits per heavy atom. The maximum absolute atomic E-state index is 11.1. The van der Waals surface area contributed by atoms with E-state index in [1.807, 2.05) is 6.07 Å². The van der Waals surface area contributed by atoms with Gasteiger partial charge in [-0.3, -0.25) is 5.41 Å². The summed E-state index contributed by atoms with van der Waals surface area (Å²) >= 11 is -2.02. The van der Waals surface area contributed by atoms with Gasteiger partial charge in [-0.2, -0.15) is 0 Å². The van der Waals surface area contributed by atoms with Crippen molar-refractivity contribution in [3.8, 4) is 0 Å². The van der Waals surface area contributed by atoms with Gasteiger partial charge in [0.1, 0.15) is 5.84 Å². The Morgan fingerprint density at radius 2 is 2.05 bits per heavy atom. The molecule has 5 heteroatoms. The summed E-state index contributed by atoms with van der Waals surface area (Å²) in [6, 6.07) is 5.06. The highest BCUT2D eigenvalue weighted by molar-refractivity contribution is 7.79. The third-order valence-electron chi connectivity index (χ3n) is 3.81. The molecule has 1 aromatic rings. The fourth-order valence-electron chi connectivity index (χ4n) is 2.80. The van der Waals surface area contributed by atoms with Crippen LogP contribution in [0.15, 0.2) is 23.1 Å². The molecule has 0 radical (unpaired) electrons. The van der Waals surface area contributed by atoms with Crippen molar-refractivity contribution < 1.29 is 8.76 Å². The highest BCUT2D eigenvalue weighted by Gasteiger charge is 2.17. The second-order valence-corrected chi connectivity index (χ2v) is 6.16. The first-order valence-electron chi connectivity index (χ1n) is 6.66. The molecular formula is C14H20N2O2S. The summed E-state index contributed by atoms with van der Waals surface area (Å²) in [5, 5.41) is 7.63. The highest BCUT2D eigenvalue weighted by Crippen LogP contribution is 2.28. The Kier molecular flexibility index (Phi) is 4.71. The van der Waals surface area contributed by atoms with E-state index < -0.39 is 11.1 Å². The van der Waals surface area contributed by atoms with Crippen LogP contribution in [0.4, 0.5) is 0 Å². The lowest BCUT2D eigenvalue weighted by atomic mass is 9.84. The molecule has 0 aromatic heterocycles. The summed E-state index contributed by atoms with van der Waals surface area (Å²) in [6.45, 7) is 0. The normalized spacial score (nSPS) is 18.2. The largest absolute Gasteiger partial charge is 0.384 e. The van der Waals surface area contributed by atoms with Crippen LogP contribution >= 0.6 is 0 Å². The van der Waals surface area contributed by atoms with Crippen LogP contribution in [0.5, 0.6) is 0 Å². The average molecular weight is 280 g/mol. The Morgan fingerprint density at radius 1 is 1.37 bits per heavy atom. The molecule has 1 unspecified atom stereocenters. The molecule has 2 rings (SSSR count). The third-order valence-corrected chi connectivity index (χ3v) is 4.46. The van der Waals surface area contributed by atoms with Crippen LogP contribution < -0.4 is 5.73 Å². The highest BCUT2D eigenvalue weighted by atomic mass is 32.2. The molecule has 1 saturated carbocycles. The molecule has 19 heavy (non-hydrogen) atoms. The molecule has 0 bridgehead atoms. The minimum absolute atomic E-state index is 0.0295. The van der Waals surface area contributed by atoms with Crippen LogP contribution in [0.2, 0.25) is 0 Å². The van der Waals surface area contributed by atoms with Gasteiger partial charge in [0, 0.05) is 5.56 Å². The number of benzene rings is 1. The summed E-state index contributed by atoms with van der Waals surface area (Å²) in [6.07, 6.45) is 7.24. The van der Waals surface area contributed by atoms with Gasteiger partial charge < -0.3 is 10.3 Å². The molecular weight excluding hydrogens is 260 g/mol. The van der Waals surface area contributed by atoms with Crippen molar-refractivity contribution in [3.63, 3.8) is 0 Å². The van der Waals surface area contributed by atoms with Gasteiger partial charge in [0.2, 0.25) is 0 Å². The quantitative estimate of drug-likeness (QED) is 0.450. The second-order valence-electron chi connectivity index (χ2n) is 5.19. The lowest BCUT2D eigenvalue weighted by Crippen LogP contribution is -2.17. The van der Waals surface area contributed by atoms with E-state index in [0.717, 1.165) is 12.0 Å². The zero-order valence-corrected chi connectivity index (χ0v) is 11.7. The molecule has 0 amide bonds. The van der Waals surface area contributed by atoms with E-state index in [0.29, 0.717) is 16.4 Å². The molecule has 4 N–H and O–H groups in total. The van der Waals surface area contributed by atoms with E-state index in [1.54, 1.807) is 12.1 Å². The van der Waals surface area contributed by atoms with Crippen molar-refractivity contribution in [2.45, 2.75) is 43.4 Å². The SMILES string of the molecule is N=C(N)c1cc(S(=O)O)ccc1CC1CCCCC1. The first-order valence-corrected chi connectivity index (χ1v) is 7.77. The Bertz CT molecular complexity index is 496. The van der Waals surface area contributed by atoms with Crippen molar-refractivity contribution in [1.82, 2.24) is 0 Å². The number of hydrogen-bond donors (Lipinski definition) is 3. The molecule has 1 aromatic carbocycles. The van der Waals surface area contributed by atoms with Gasteiger partial charge in [0.05, 0.1) is 4.90 Å². The summed E-state index contributed by atoms with van der Waals surface area (Å²) in [7, 11) is 0. The Labute approximate surface area is 116 Å². The number of rotatable bonds is 4. The van der Waals surface area contributed by atoms with E-state index in [2.05, 4.69) is 0 Å². The van der Waals surface area contributed by atoms with E-state index in [-0.39, 0.29) is 5.84 Å². The van der Waals surface area contributed by atoms with Crippen LogP contribution in [-0.4, -0.2) is 14.6 Å². The lowest BCUT2D eigenvalue weighted by molar-refractivity contribution is 0.356. The second kappa shape index (κ2) is 6.30. The van der Waals surface area contributed by atoms with Gasteiger partial charge >= 0.3 is 0 Å². The number of nitrogens with two attached hydrogens (primary N) is 1. The van der Waals surface area contributed by atoms with Gasteiger partial charge in [0.25, 0.3) is 0 Å². The summed E-state index contributed by atoms with van der Waals surface area (Å²) in [5.41, 5.74) is 7.22. The van der Waals surface area contributed by atoms with Crippen LogP contribution in [0, 0.1) is 11.3 Å². The molecule has 1 atom stereocenters. The predicted molar refractivity (Wildman–Crippen MR) is 76.8 cm³/mol. The fraction of sp³-hybridized carbons (Fsp3) is 0.500. The van der Waals surface area contributed by atoms with Crippen LogP contribution in [0.25, 0.3) is 0 Å². The Balaban J connectivity index is 2.23. The lowest BCUT2D eigenvalue weighted by Gasteiger charge is -2.22. The molecule has 1 fully saturated rings. The molecule has 0 spiro atoms. The summed E-state index contributed by atoms with van der Waals surface area (Å²) in [5.74, 6) is 0.621. The molecule has 0 saturated heterocycles. The van der Waals surface area contributed by atoms with Gasteiger partial charge in [-0.15, -0.1) is 0 Å². The van der Waals surface area contributed by atoms with E-state index in [4.69, 9.17) is 15.7 Å². The molecule has 0 aliphatic heterocycles. The van der Waals surface area contributed by atoms with Crippen LogP contribution in [0.3, 0.4) is 0 Å². The van der Waals surface area contributed by atoms with Gasteiger partial charge in [-0.1, -0.05) is 38.2 Å². The van der Waals surface area contributed by atoms with Gasteiger partial charge in [-0.05, 0) is 30.0 Å². The van der Waals surface area contributed by atoms with Gasteiger partial charge in [-0.25, -0.2) is 4.21 Å². The maximum atomic E-state index is 11.1. The van der Waals surface area contributed by atoms with E-state index >= 15 is 0 Å².